The van der Waals surface area contributed by atoms with Gasteiger partial charge in [-0.3, -0.25) is 24.4 Å². The van der Waals surface area contributed by atoms with Crippen molar-refractivity contribution in [2.45, 2.75) is 24.6 Å². The molecule has 35 heavy (non-hydrogen) atoms. The van der Waals surface area contributed by atoms with Crippen LogP contribution >= 0.6 is 23.4 Å². The van der Waals surface area contributed by atoms with E-state index in [1.807, 2.05) is 19.1 Å². The standard InChI is InChI=1S/C23H20ClN5O5S/c1-11-5-7-14(8-6-11)25-16(30)10-15-19(31)29-23(35-15)26-18(12-3-2-4-13(24)9-12)17-20(32)27-22(34)28-21(17)33/h2-9,15,18H,10H2,1H3,(H,25,30)(H,26,29,31)(H3,27,28,32,33,34)/t15-,18+/m0/s1. The van der Waals surface area contributed by atoms with Gasteiger partial charge in [0.25, 0.3) is 5.56 Å². The molecule has 10 nitrogen and oxygen atoms in total. The average Bonchev–Trinajstić information content (AvgIpc) is 3.12. The summed E-state index contributed by atoms with van der Waals surface area (Å²) in [4.78, 5) is 57.7. The molecule has 2 atom stereocenters. The lowest BCUT2D eigenvalue weighted by Gasteiger charge is -2.14. The maximum absolute atomic E-state index is 12.5. The third kappa shape index (κ3) is 5.81. The minimum atomic E-state index is -1.10. The number of hydrogen-bond donors (Lipinski definition) is 5. The van der Waals surface area contributed by atoms with Gasteiger partial charge in [-0.25, -0.2) is 9.79 Å². The number of aromatic amines is 2. The Morgan fingerprint density at radius 3 is 2.60 bits per heavy atom. The molecule has 0 spiro atoms. The van der Waals surface area contributed by atoms with Crippen molar-refractivity contribution in [2.75, 3.05) is 5.32 Å². The minimum Gasteiger partial charge on any atom is -0.494 e. The van der Waals surface area contributed by atoms with Crippen molar-refractivity contribution in [3.63, 3.8) is 0 Å². The fourth-order valence-electron chi connectivity index (χ4n) is 3.46. The molecule has 3 aromatic rings. The number of anilines is 1. The van der Waals surface area contributed by atoms with Crippen molar-refractivity contribution in [3.05, 3.63) is 91.1 Å². The molecule has 1 fully saturated rings. The molecule has 0 saturated carbocycles. The molecule has 1 aromatic heterocycles. The molecule has 2 heterocycles. The van der Waals surface area contributed by atoms with Crippen molar-refractivity contribution in [1.82, 2.24) is 15.3 Å². The highest BCUT2D eigenvalue weighted by Crippen LogP contribution is 2.32. The fourth-order valence-corrected chi connectivity index (χ4v) is 4.65. The SMILES string of the molecule is Cc1ccc(NC(=O)C[C@@H]2SC(=N[C@H](c3cccc(Cl)c3)c3c(O)[nH]c(=O)[nH]c3=O)NC2=O)cc1. The smallest absolute Gasteiger partial charge is 0.328 e. The zero-order valence-electron chi connectivity index (χ0n) is 18.3. The number of aryl methyl sites for hydroxylation is 1. The number of aliphatic imine (C=N–C) groups is 1. The third-order valence-corrected chi connectivity index (χ3v) is 6.46. The maximum atomic E-state index is 12.5. The molecule has 0 bridgehead atoms. The molecular weight excluding hydrogens is 494 g/mol. The third-order valence-electron chi connectivity index (χ3n) is 5.13. The number of nitrogens with one attached hydrogen (secondary N) is 4. The van der Waals surface area contributed by atoms with Crippen LogP contribution in [0.4, 0.5) is 5.69 Å². The molecule has 4 rings (SSSR count). The number of aromatic hydroxyl groups is 1. The number of carbonyl (C=O) groups excluding carboxylic acids is 2. The molecule has 1 aliphatic heterocycles. The summed E-state index contributed by atoms with van der Waals surface area (Å²) in [6, 6.07) is 12.6. The zero-order chi connectivity index (χ0) is 25.1. The van der Waals surface area contributed by atoms with Gasteiger partial charge in [-0.15, -0.1) is 0 Å². The molecule has 12 heteroatoms. The van der Waals surface area contributed by atoms with Gasteiger partial charge < -0.3 is 15.7 Å². The van der Waals surface area contributed by atoms with E-state index in [2.05, 4.69) is 25.6 Å². The Bertz CT molecular complexity index is 1430. The van der Waals surface area contributed by atoms with Crippen LogP contribution in [0.1, 0.15) is 29.2 Å². The number of thioether (sulfide) groups is 1. The van der Waals surface area contributed by atoms with Crippen LogP contribution in [0.25, 0.3) is 0 Å². The van der Waals surface area contributed by atoms with E-state index in [4.69, 9.17) is 11.6 Å². The Labute approximate surface area is 207 Å². The Morgan fingerprint density at radius 1 is 1.17 bits per heavy atom. The number of carbonyl (C=O) groups is 2. The van der Waals surface area contributed by atoms with Crippen LogP contribution in [-0.4, -0.2) is 37.3 Å². The first kappa shape index (κ1) is 24.3. The molecule has 1 aliphatic rings. The second kappa shape index (κ2) is 10.2. The predicted octanol–water partition coefficient (Wildman–Crippen LogP) is 2.44. The fraction of sp³-hybridized carbons (Fsp3) is 0.174. The van der Waals surface area contributed by atoms with Crippen LogP contribution in [0.5, 0.6) is 5.88 Å². The topological polar surface area (TPSA) is 157 Å². The van der Waals surface area contributed by atoms with Crippen LogP contribution in [0.3, 0.4) is 0 Å². The monoisotopic (exact) mass is 513 g/mol. The summed E-state index contributed by atoms with van der Waals surface area (Å²) < 4.78 is 0. The van der Waals surface area contributed by atoms with Crippen LogP contribution < -0.4 is 21.9 Å². The van der Waals surface area contributed by atoms with Gasteiger partial charge in [-0.1, -0.05) is 53.2 Å². The van der Waals surface area contributed by atoms with Crippen LogP contribution in [0, 0.1) is 6.92 Å². The number of halogens is 1. The highest BCUT2D eigenvalue weighted by molar-refractivity contribution is 8.15. The molecule has 0 radical (unpaired) electrons. The minimum absolute atomic E-state index is 0.101. The van der Waals surface area contributed by atoms with Crippen LogP contribution in [-0.2, 0) is 9.59 Å². The van der Waals surface area contributed by atoms with E-state index in [9.17, 15) is 24.3 Å². The molecule has 2 amide bonds. The number of rotatable bonds is 6. The van der Waals surface area contributed by atoms with Crippen LogP contribution in [0.15, 0.2) is 63.1 Å². The van der Waals surface area contributed by atoms with E-state index < -0.39 is 34.3 Å². The van der Waals surface area contributed by atoms with E-state index in [-0.39, 0.29) is 23.1 Å². The average molecular weight is 514 g/mol. The van der Waals surface area contributed by atoms with Gasteiger partial charge in [0.05, 0.1) is 0 Å². The second-order valence-corrected chi connectivity index (χ2v) is 9.40. The van der Waals surface area contributed by atoms with Gasteiger partial charge >= 0.3 is 5.69 Å². The number of amides is 2. The van der Waals surface area contributed by atoms with E-state index in [0.29, 0.717) is 16.3 Å². The maximum Gasteiger partial charge on any atom is 0.328 e. The summed E-state index contributed by atoms with van der Waals surface area (Å²) in [6.45, 7) is 1.93. The largest absolute Gasteiger partial charge is 0.494 e. The summed E-state index contributed by atoms with van der Waals surface area (Å²) in [5.74, 6) is -1.42. The van der Waals surface area contributed by atoms with E-state index in [1.165, 1.54) is 0 Å². The van der Waals surface area contributed by atoms with Crippen molar-refractivity contribution < 1.29 is 14.7 Å². The van der Waals surface area contributed by atoms with Gasteiger partial charge in [0.15, 0.2) is 5.17 Å². The van der Waals surface area contributed by atoms with Crippen molar-refractivity contribution in [3.8, 4) is 5.88 Å². The van der Waals surface area contributed by atoms with Crippen molar-refractivity contribution >= 4 is 46.0 Å². The van der Waals surface area contributed by atoms with E-state index >= 15 is 0 Å². The Balaban J connectivity index is 1.59. The second-order valence-electron chi connectivity index (χ2n) is 7.78. The van der Waals surface area contributed by atoms with Gasteiger partial charge in [0, 0.05) is 17.1 Å². The lowest BCUT2D eigenvalue weighted by molar-refractivity contribution is -0.122. The number of benzene rings is 2. The Kier molecular flexibility index (Phi) is 7.08. The summed E-state index contributed by atoms with van der Waals surface area (Å²) in [6.07, 6.45) is -0.101. The predicted molar refractivity (Wildman–Crippen MR) is 134 cm³/mol. The quantitative estimate of drug-likeness (QED) is 0.341. The zero-order valence-corrected chi connectivity index (χ0v) is 19.9. The number of hydrogen-bond acceptors (Lipinski definition) is 7. The molecule has 0 unspecified atom stereocenters. The van der Waals surface area contributed by atoms with Gasteiger partial charge in [0.2, 0.25) is 17.7 Å². The lowest BCUT2D eigenvalue weighted by atomic mass is 10.0. The number of aromatic nitrogens is 2. The first-order valence-electron chi connectivity index (χ1n) is 10.4. The van der Waals surface area contributed by atoms with Crippen molar-refractivity contribution in [2.24, 2.45) is 4.99 Å². The Hall–Kier alpha value is -3.83. The first-order valence-corrected chi connectivity index (χ1v) is 11.7. The molecule has 1 saturated heterocycles. The lowest BCUT2D eigenvalue weighted by Crippen LogP contribution is -2.29. The molecule has 5 N–H and O–H groups in total. The highest BCUT2D eigenvalue weighted by Gasteiger charge is 2.33. The molecule has 180 valence electrons. The summed E-state index contributed by atoms with van der Waals surface area (Å²) in [5, 5.41) is 15.4. The number of amidine groups is 1. The summed E-state index contributed by atoms with van der Waals surface area (Å²) >= 11 is 7.13. The van der Waals surface area contributed by atoms with Crippen LogP contribution in [0.2, 0.25) is 5.02 Å². The molecule has 2 aromatic carbocycles. The van der Waals surface area contributed by atoms with Crippen molar-refractivity contribution in [1.29, 1.82) is 0 Å². The van der Waals surface area contributed by atoms with Gasteiger partial charge in [0.1, 0.15) is 16.9 Å². The number of nitrogens with zero attached hydrogens (tertiary/aromatic N) is 1. The highest BCUT2D eigenvalue weighted by atomic mass is 35.5. The first-order chi connectivity index (χ1) is 16.7. The normalized spacial score (nSPS) is 17.3. The molecule has 0 aliphatic carbocycles. The molecular formula is C23H20ClN5O5S. The Morgan fingerprint density at radius 2 is 1.91 bits per heavy atom. The van der Waals surface area contributed by atoms with E-state index in [0.717, 1.165) is 17.3 Å². The van der Waals surface area contributed by atoms with Gasteiger partial charge in [-0.05, 0) is 36.8 Å². The van der Waals surface area contributed by atoms with E-state index in [1.54, 1.807) is 36.4 Å². The summed E-state index contributed by atoms with van der Waals surface area (Å²) in [5.41, 5.74) is 0.159. The number of H-pyrrole nitrogens is 2. The summed E-state index contributed by atoms with van der Waals surface area (Å²) in [7, 11) is 0. The van der Waals surface area contributed by atoms with Gasteiger partial charge in [-0.2, -0.15) is 0 Å².